The van der Waals surface area contributed by atoms with E-state index in [1.165, 1.54) is 5.56 Å². The smallest absolute Gasteiger partial charge is 0.357 e. The van der Waals surface area contributed by atoms with Gasteiger partial charge in [-0.25, -0.2) is 9.78 Å². The third-order valence-corrected chi connectivity index (χ3v) is 2.63. The minimum absolute atomic E-state index is 0.354. The van der Waals surface area contributed by atoms with Crippen LogP contribution in [0.2, 0.25) is 0 Å². The quantitative estimate of drug-likeness (QED) is 0.743. The van der Waals surface area contributed by atoms with Gasteiger partial charge in [-0.3, -0.25) is 0 Å². The van der Waals surface area contributed by atoms with Crippen LogP contribution in [-0.4, -0.2) is 17.6 Å². The number of aromatic nitrogens is 1. The lowest BCUT2D eigenvalue weighted by Crippen LogP contribution is -2.09. The number of hydrogen-bond donors (Lipinski definition) is 0. The van der Waals surface area contributed by atoms with E-state index in [0.717, 1.165) is 16.5 Å². The SMILES string of the molecule is CCOC(=O)c1nc2ccc(C)cc2cc1C. The standard InChI is InChI=1S/C14H15NO2/c1-4-17-14(16)13-10(3)8-11-7-9(2)5-6-12(11)15-13/h5-8H,4H2,1-3H3. The summed E-state index contributed by atoms with van der Waals surface area (Å²) in [4.78, 5) is 16.1. The highest BCUT2D eigenvalue weighted by Crippen LogP contribution is 2.18. The summed E-state index contributed by atoms with van der Waals surface area (Å²) < 4.78 is 4.98. The average molecular weight is 229 g/mol. The molecule has 88 valence electrons. The molecular formula is C14H15NO2. The van der Waals surface area contributed by atoms with Crippen LogP contribution in [0.4, 0.5) is 0 Å². The summed E-state index contributed by atoms with van der Waals surface area (Å²) in [6, 6.07) is 7.94. The van der Waals surface area contributed by atoms with Crippen LogP contribution in [0.1, 0.15) is 28.5 Å². The van der Waals surface area contributed by atoms with Gasteiger partial charge in [-0.15, -0.1) is 0 Å². The van der Waals surface area contributed by atoms with E-state index in [0.29, 0.717) is 12.3 Å². The molecular weight excluding hydrogens is 214 g/mol. The number of rotatable bonds is 2. The van der Waals surface area contributed by atoms with Gasteiger partial charge in [0.15, 0.2) is 5.69 Å². The van der Waals surface area contributed by atoms with E-state index in [1.807, 2.05) is 32.0 Å². The third kappa shape index (κ3) is 2.28. The summed E-state index contributed by atoms with van der Waals surface area (Å²) >= 11 is 0. The second-order valence-electron chi connectivity index (χ2n) is 4.07. The Hall–Kier alpha value is -1.90. The fourth-order valence-electron chi connectivity index (χ4n) is 1.81. The molecule has 2 aromatic rings. The first kappa shape index (κ1) is 11.6. The number of fused-ring (bicyclic) bond motifs is 1. The summed E-state index contributed by atoms with van der Waals surface area (Å²) in [5.41, 5.74) is 3.26. The highest BCUT2D eigenvalue weighted by atomic mass is 16.5. The molecule has 0 atom stereocenters. The molecule has 1 heterocycles. The van der Waals surface area contributed by atoms with Crippen molar-refractivity contribution < 1.29 is 9.53 Å². The van der Waals surface area contributed by atoms with Gasteiger partial charge in [-0.2, -0.15) is 0 Å². The van der Waals surface area contributed by atoms with Crippen LogP contribution in [0.25, 0.3) is 10.9 Å². The van der Waals surface area contributed by atoms with Crippen molar-refractivity contribution in [2.24, 2.45) is 0 Å². The molecule has 0 aliphatic heterocycles. The summed E-state index contributed by atoms with van der Waals surface area (Å²) in [5, 5.41) is 1.05. The molecule has 0 unspecified atom stereocenters. The van der Waals surface area contributed by atoms with Gasteiger partial charge in [0, 0.05) is 5.39 Å². The normalized spacial score (nSPS) is 10.5. The van der Waals surface area contributed by atoms with Crippen molar-refractivity contribution in [2.75, 3.05) is 6.61 Å². The summed E-state index contributed by atoms with van der Waals surface area (Å²) in [5.74, 6) is -0.354. The monoisotopic (exact) mass is 229 g/mol. The molecule has 0 N–H and O–H groups in total. The minimum Gasteiger partial charge on any atom is -0.461 e. The van der Waals surface area contributed by atoms with E-state index < -0.39 is 0 Å². The Morgan fingerprint density at radius 3 is 2.76 bits per heavy atom. The van der Waals surface area contributed by atoms with E-state index in [-0.39, 0.29) is 5.97 Å². The molecule has 0 fully saturated rings. The Labute approximate surface area is 100 Å². The zero-order chi connectivity index (χ0) is 12.4. The van der Waals surface area contributed by atoms with Crippen LogP contribution in [0.5, 0.6) is 0 Å². The van der Waals surface area contributed by atoms with Crippen LogP contribution >= 0.6 is 0 Å². The number of esters is 1. The van der Waals surface area contributed by atoms with Crippen molar-refractivity contribution in [1.29, 1.82) is 0 Å². The van der Waals surface area contributed by atoms with Gasteiger partial charge in [0.05, 0.1) is 12.1 Å². The first-order valence-corrected chi connectivity index (χ1v) is 5.67. The number of carbonyl (C=O) groups excluding carboxylic acids is 1. The molecule has 0 aliphatic rings. The number of aryl methyl sites for hydroxylation is 2. The molecule has 0 spiro atoms. The maximum Gasteiger partial charge on any atom is 0.357 e. The molecule has 0 amide bonds. The largest absolute Gasteiger partial charge is 0.461 e. The number of nitrogens with zero attached hydrogens (tertiary/aromatic N) is 1. The third-order valence-electron chi connectivity index (χ3n) is 2.63. The minimum atomic E-state index is -0.354. The lowest BCUT2D eigenvalue weighted by atomic mass is 10.1. The summed E-state index contributed by atoms with van der Waals surface area (Å²) in [6.07, 6.45) is 0. The number of hydrogen-bond acceptors (Lipinski definition) is 3. The highest BCUT2D eigenvalue weighted by molar-refractivity contribution is 5.93. The number of benzene rings is 1. The Bertz CT molecular complexity index is 576. The van der Waals surface area contributed by atoms with Crippen molar-refractivity contribution in [3.63, 3.8) is 0 Å². The number of carbonyl (C=O) groups is 1. The maximum atomic E-state index is 11.7. The number of ether oxygens (including phenoxy) is 1. The second kappa shape index (κ2) is 4.53. The van der Waals surface area contributed by atoms with Gasteiger partial charge in [0.1, 0.15) is 0 Å². The van der Waals surface area contributed by atoms with Gasteiger partial charge < -0.3 is 4.74 Å². The van der Waals surface area contributed by atoms with Crippen LogP contribution in [0.3, 0.4) is 0 Å². The molecule has 3 nitrogen and oxygen atoms in total. The van der Waals surface area contributed by atoms with Crippen LogP contribution in [0, 0.1) is 13.8 Å². The van der Waals surface area contributed by atoms with Crippen molar-refractivity contribution in [3.8, 4) is 0 Å². The zero-order valence-corrected chi connectivity index (χ0v) is 10.3. The predicted molar refractivity (Wildman–Crippen MR) is 67.2 cm³/mol. The molecule has 1 aromatic heterocycles. The molecule has 0 aliphatic carbocycles. The van der Waals surface area contributed by atoms with Gasteiger partial charge in [0.25, 0.3) is 0 Å². The van der Waals surface area contributed by atoms with E-state index in [1.54, 1.807) is 6.92 Å². The molecule has 2 rings (SSSR count). The lowest BCUT2D eigenvalue weighted by molar-refractivity contribution is 0.0519. The number of pyridine rings is 1. The lowest BCUT2D eigenvalue weighted by Gasteiger charge is -2.07. The molecule has 0 saturated carbocycles. The molecule has 1 aromatic carbocycles. The Morgan fingerprint density at radius 1 is 1.29 bits per heavy atom. The predicted octanol–water partition coefficient (Wildman–Crippen LogP) is 3.03. The maximum absolute atomic E-state index is 11.7. The van der Waals surface area contributed by atoms with Crippen molar-refractivity contribution in [1.82, 2.24) is 4.98 Å². The summed E-state index contributed by atoms with van der Waals surface area (Å²) in [6.45, 7) is 6.07. The Morgan fingerprint density at radius 2 is 2.06 bits per heavy atom. The van der Waals surface area contributed by atoms with Gasteiger partial charge >= 0.3 is 5.97 Å². The second-order valence-corrected chi connectivity index (χ2v) is 4.07. The summed E-state index contributed by atoms with van der Waals surface area (Å²) in [7, 11) is 0. The zero-order valence-electron chi connectivity index (χ0n) is 10.3. The van der Waals surface area contributed by atoms with Crippen LogP contribution in [0.15, 0.2) is 24.3 Å². The van der Waals surface area contributed by atoms with Crippen LogP contribution < -0.4 is 0 Å². The molecule has 0 bridgehead atoms. The van der Waals surface area contributed by atoms with Crippen molar-refractivity contribution in [3.05, 3.63) is 41.1 Å². The molecule has 0 radical (unpaired) electrons. The van der Waals surface area contributed by atoms with Crippen LogP contribution in [-0.2, 0) is 4.74 Å². The van der Waals surface area contributed by atoms with E-state index in [2.05, 4.69) is 11.1 Å². The van der Waals surface area contributed by atoms with Gasteiger partial charge in [-0.05, 0) is 44.5 Å². The molecule has 0 saturated heterocycles. The first-order valence-electron chi connectivity index (χ1n) is 5.67. The van der Waals surface area contributed by atoms with Gasteiger partial charge in [0.2, 0.25) is 0 Å². The fourth-order valence-corrected chi connectivity index (χ4v) is 1.81. The van der Waals surface area contributed by atoms with Crippen molar-refractivity contribution in [2.45, 2.75) is 20.8 Å². The van der Waals surface area contributed by atoms with Crippen molar-refractivity contribution >= 4 is 16.9 Å². The topological polar surface area (TPSA) is 39.2 Å². The average Bonchev–Trinajstić information content (AvgIpc) is 2.28. The Balaban J connectivity index is 2.55. The molecule has 3 heteroatoms. The Kier molecular flexibility index (Phi) is 3.09. The van der Waals surface area contributed by atoms with E-state index in [4.69, 9.17) is 4.74 Å². The first-order chi connectivity index (χ1) is 8.11. The van der Waals surface area contributed by atoms with E-state index in [9.17, 15) is 4.79 Å². The molecule has 17 heavy (non-hydrogen) atoms. The fraction of sp³-hybridized carbons (Fsp3) is 0.286. The van der Waals surface area contributed by atoms with E-state index >= 15 is 0 Å². The highest BCUT2D eigenvalue weighted by Gasteiger charge is 2.12. The van der Waals surface area contributed by atoms with Gasteiger partial charge in [-0.1, -0.05) is 11.6 Å².